The highest BCUT2D eigenvalue weighted by molar-refractivity contribution is 6.30. The number of nitrogens with zero attached hydrogens (tertiary/aromatic N) is 5. The largest absolute Gasteiger partial charge is 0.411 e. The number of carbonyl (C=O) groups excluding carboxylic acids is 1. The zero-order valence-electron chi connectivity index (χ0n) is 22.9. The number of likely N-dealkylation sites (tertiary alicyclic amines) is 1. The molecular weight excluding hydrogens is 522 g/mol. The number of halogens is 1. The molecule has 1 fully saturated rings. The van der Waals surface area contributed by atoms with E-state index in [-0.39, 0.29) is 18.2 Å². The SMILES string of the molecule is C\C=C/C(=C\C=N\O)CC(=O)N1CCC(C2c3ccc(Cl)cc3C=C(Cn3ccnc3C)c3cccnc32)CC1. The van der Waals surface area contributed by atoms with E-state index in [1.54, 1.807) is 6.08 Å². The molecule has 3 heterocycles. The molecule has 1 unspecified atom stereocenters. The van der Waals surface area contributed by atoms with E-state index in [1.807, 2.05) is 61.6 Å². The van der Waals surface area contributed by atoms with E-state index >= 15 is 0 Å². The molecule has 1 amide bonds. The van der Waals surface area contributed by atoms with Gasteiger partial charge in [-0.05, 0) is 85.2 Å². The van der Waals surface area contributed by atoms with Crippen LogP contribution in [0, 0.1) is 12.8 Å². The summed E-state index contributed by atoms with van der Waals surface area (Å²) < 4.78 is 2.15. The number of pyridine rings is 1. The summed E-state index contributed by atoms with van der Waals surface area (Å²) in [5.41, 5.74) is 6.57. The van der Waals surface area contributed by atoms with Gasteiger partial charge in [0.25, 0.3) is 0 Å². The molecule has 5 rings (SSSR count). The van der Waals surface area contributed by atoms with Gasteiger partial charge in [-0.25, -0.2) is 4.98 Å². The minimum atomic E-state index is 0.0837. The summed E-state index contributed by atoms with van der Waals surface area (Å²) in [6, 6.07) is 10.4. The molecule has 3 aromatic rings. The highest BCUT2D eigenvalue weighted by atomic mass is 35.5. The normalized spacial score (nSPS) is 18.1. The fraction of sp³-hybridized carbons (Fsp3) is 0.312. The number of oxime groups is 1. The van der Waals surface area contributed by atoms with E-state index in [9.17, 15) is 4.79 Å². The van der Waals surface area contributed by atoms with E-state index in [1.165, 1.54) is 17.4 Å². The summed E-state index contributed by atoms with van der Waals surface area (Å²) in [6.07, 6.45) is 16.7. The zero-order chi connectivity index (χ0) is 28.1. The molecule has 7 nitrogen and oxygen atoms in total. The topological polar surface area (TPSA) is 83.6 Å². The maximum Gasteiger partial charge on any atom is 0.226 e. The van der Waals surface area contributed by atoms with Gasteiger partial charge >= 0.3 is 0 Å². The molecule has 0 radical (unpaired) electrons. The van der Waals surface area contributed by atoms with E-state index < -0.39 is 0 Å². The van der Waals surface area contributed by atoms with Crippen molar-refractivity contribution in [3.05, 3.63) is 106 Å². The molecule has 0 saturated carbocycles. The monoisotopic (exact) mass is 555 g/mol. The van der Waals surface area contributed by atoms with Gasteiger partial charge in [0.15, 0.2) is 0 Å². The molecule has 1 saturated heterocycles. The minimum absolute atomic E-state index is 0.0837. The Morgan fingerprint density at radius 2 is 2.02 bits per heavy atom. The number of hydrogen-bond donors (Lipinski definition) is 1. The van der Waals surface area contributed by atoms with Gasteiger partial charge in [0.05, 0.1) is 18.3 Å². The van der Waals surface area contributed by atoms with Crippen molar-refractivity contribution in [3.8, 4) is 0 Å². The summed E-state index contributed by atoms with van der Waals surface area (Å²) in [5, 5.41) is 12.5. The van der Waals surface area contributed by atoms with E-state index in [4.69, 9.17) is 21.8 Å². The molecule has 1 aliphatic carbocycles. The fourth-order valence-corrected chi connectivity index (χ4v) is 6.13. The molecule has 1 aliphatic heterocycles. The number of benzene rings is 1. The lowest BCUT2D eigenvalue weighted by atomic mass is 9.76. The van der Waals surface area contributed by atoms with Crippen molar-refractivity contribution < 1.29 is 10.0 Å². The molecule has 1 aromatic carbocycles. The second kappa shape index (κ2) is 12.5. The Hall–Kier alpha value is -3.97. The van der Waals surface area contributed by atoms with Gasteiger partial charge in [0.1, 0.15) is 5.82 Å². The van der Waals surface area contributed by atoms with Crippen molar-refractivity contribution in [2.45, 2.75) is 45.6 Å². The number of fused-ring (bicyclic) bond motifs is 2. The number of carbonyl (C=O) groups is 1. The van der Waals surface area contributed by atoms with Crippen LogP contribution in [0.4, 0.5) is 0 Å². The highest BCUT2D eigenvalue weighted by Gasteiger charge is 2.35. The van der Waals surface area contributed by atoms with Crippen LogP contribution in [-0.2, 0) is 11.3 Å². The van der Waals surface area contributed by atoms with Crippen LogP contribution in [0.2, 0.25) is 5.02 Å². The van der Waals surface area contributed by atoms with E-state index in [0.717, 1.165) is 41.1 Å². The van der Waals surface area contributed by atoms with Crippen molar-refractivity contribution in [3.63, 3.8) is 0 Å². The Bertz CT molecular complexity index is 1490. The van der Waals surface area contributed by atoms with Crippen molar-refractivity contribution in [2.75, 3.05) is 13.1 Å². The van der Waals surface area contributed by atoms with Gasteiger partial charge in [0.2, 0.25) is 5.91 Å². The van der Waals surface area contributed by atoms with Gasteiger partial charge in [-0.15, -0.1) is 0 Å². The van der Waals surface area contributed by atoms with Crippen molar-refractivity contribution >= 4 is 35.4 Å². The lowest BCUT2D eigenvalue weighted by Crippen LogP contribution is -2.40. The number of piperidine rings is 1. The van der Waals surface area contributed by atoms with Crippen LogP contribution in [0.1, 0.15) is 60.3 Å². The maximum absolute atomic E-state index is 13.1. The van der Waals surface area contributed by atoms with Gasteiger partial charge in [-0.3, -0.25) is 9.78 Å². The minimum Gasteiger partial charge on any atom is -0.411 e. The van der Waals surface area contributed by atoms with Gasteiger partial charge in [-0.2, -0.15) is 0 Å². The predicted octanol–water partition coefficient (Wildman–Crippen LogP) is 6.52. The molecule has 0 bridgehead atoms. The first-order valence-electron chi connectivity index (χ1n) is 13.7. The Kier molecular flexibility index (Phi) is 8.60. The van der Waals surface area contributed by atoms with Crippen molar-refractivity contribution in [1.82, 2.24) is 19.4 Å². The Balaban J connectivity index is 1.43. The molecule has 8 heteroatoms. The van der Waals surface area contributed by atoms with Crippen LogP contribution in [0.5, 0.6) is 0 Å². The number of imidazole rings is 1. The standard InChI is InChI=1S/C32H34ClN5O2/c1-3-5-23(9-13-36-40)18-30(39)37-15-10-24(11-16-37)31-28-8-7-27(33)20-25(28)19-26(21-38-17-14-34-22(38)2)29-6-4-12-35-32(29)31/h3-9,12-14,17,19-20,24,31,40H,10-11,15-16,18,21H2,1-2H3/b5-3-,23-9+,36-13+. The van der Waals surface area contributed by atoms with E-state index in [2.05, 4.69) is 39.0 Å². The van der Waals surface area contributed by atoms with Gasteiger partial charge in [0, 0.05) is 54.7 Å². The Morgan fingerprint density at radius 3 is 2.75 bits per heavy atom. The predicted molar refractivity (Wildman–Crippen MR) is 159 cm³/mol. The molecule has 1 N–H and O–H groups in total. The molecule has 2 aromatic heterocycles. The first-order chi connectivity index (χ1) is 19.5. The third-order valence-electron chi connectivity index (χ3n) is 7.91. The fourth-order valence-electron chi connectivity index (χ4n) is 5.95. The number of hydrogen-bond acceptors (Lipinski definition) is 5. The van der Waals surface area contributed by atoms with Crippen LogP contribution < -0.4 is 0 Å². The number of aromatic nitrogens is 3. The van der Waals surface area contributed by atoms with Crippen LogP contribution in [0.25, 0.3) is 11.6 Å². The van der Waals surface area contributed by atoms with Crippen LogP contribution in [0.15, 0.2) is 77.9 Å². The number of allylic oxidation sites excluding steroid dienone is 4. The first-order valence-corrected chi connectivity index (χ1v) is 14.1. The third kappa shape index (κ3) is 5.94. The van der Waals surface area contributed by atoms with Crippen molar-refractivity contribution in [1.29, 1.82) is 0 Å². The summed E-state index contributed by atoms with van der Waals surface area (Å²) in [5.74, 6) is 1.47. The second-order valence-electron chi connectivity index (χ2n) is 10.4. The number of aryl methyl sites for hydroxylation is 1. The Labute approximate surface area is 240 Å². The summed E-state index contributed by atoms with van der Waals surface area (Å²) >= 11 is 6.50. The number of amides is 1. The summed E-state index contributed by atoms with van der Waals surface area (Å²) in [4.78, 5) is 24.5. The van der Waals surface area contributed by atoms with Crippen LogP contribution >= 0.6 is 11.6 Å². The van der Waals surface area contributed by atoms with Gasteiger partial charge in [-0.1, -0.05) is 41.0 Å². The van der Waals surface area contributed by atoms with Gasteiger partial charge < -0.3 is 14.7 Å². The summed E-state index contributed by atoms with van der Waals surface area (Å²) in [7, 11) is 0. The average molecular weight is 556 g/mol. The molecule has 1 atom stereocenters. The first kappa shape index (κ1) is 27.6. The second-order valence-corrected chi connectivity index (χ2v) is 10.8. The Morgan fingerprint density at radius 1 is 1.20 bits per heavy atom. The molecule has 206 valence electrons. The average Bonchev–Trinajstić information content (AvgIpc) is 3.31. The quantitative estimate of drug-likeness (QED) is 0.156. The molecule has 2 aliphatic rings. The zero-order valence-corrected chi connectivity index (χ0v) is 23.6. The lowest BCUT2D eigenvalue weighted by Gasteiger charge is -2.37. The van der Waals surface area contributed by atoms with Crippen LogP contribution in [-0.4, -0.2) is 49.9 Å². The van der Waals surface area contributed by atoms with Crippen LogP contribution in [0.3, 0.4) is 0 Å². The molecule has 0 spiro atoms. The molecule has 40 heavy (non-hydrogen) atoms. The number of rotatable bonds is 7. The third-order valence-corrected chi connectivity index (χ3v) is 8.15. The molecular formula is C32H34ClN5O2. The summed E-state index contributed by atoms with van der Waals surface area (Å²) in [6.45, 7) is 5.99. The van der Waals surface area contributed by atoms with E-state index in [0.29, 0.717) is 30.6 Å². The maximum atomic E-state index is 13.1. The highest BCUT2D eigenvalue weighted by Crippen LogP contribution is 2.45. The lowest BCUT2D eigenvalue weighted by molar-refractivity contribution is -0.131. The smallest absolute Gasteiger partial charge is 0.226 e. The van der Waals surface area contributed by atoms with Crippen molar-refractivity contribution in [2.24, 2.45) is 11.1 Å².